The number of pyridine rings is 2. The van der Waals surface area contributed by atoms with Crippen LogP contribution in [0.25, 0.3) is 11.0 Å². The van der Waals surface area contributed by atoms with Crippen LogP contribution in [0.1, 0.15) is 48.2 Å². The molecule has 1 N–H and O–H groups in total. The van der Waals surface area contributed by atoms with Crippen molar-refractivity contribution in [1.29, 1.82) is 0 Å². The number of carbonyl (C=O) groups excluding carboxylic acids is 1. The van der Waals surface area contributed by atoms with Gasteiger partial charge in [0.25, 0.3) is 5.56 Å². The van der Waals surface area contributed by atoms with E-state index < -0.39 is 23.6 Å². The van der Waals surface area contributed by atoms with E-state index in [1.807, 2.05) is 6.92 Å². The van der Waals surface area contributed by atoms with Crippen molar-refractivity contribution in [2.75, 3.05) is 13.2 Å². The monoisotopic (exact) mass is 484 g/mol. The lowest BCUT2D eigenvalue weighted by atomic mass is 10.0. The number of rotatable bonds is 9. The van der Waals surface area contributed by atoms with E-state index in [0.717, 1.165) is 12.0 Å². The number of benzene rings is 1. The molecule has 4 rings (SSSR count). The normalized spacial score (nSPS) is 14.4. The molecule has 0 aliphatic carbocycles. The lowest BCUT2D eigenvalue weighted by molar-refractivity contribution is -0.146. The van der Waals surface area contributed by atoms with Crippen molar-refractivity contribution < 1.29 is 33.3 Å². The molecular weight excluding hydrogens is 459 g/mol. The maximum atomic E-state index is 13.5. The maximum Gasteiger partial charge on any atom is 0.347 e. The second kappa shape index (κ2) is 10.1. The van der Waals surface area contributed by atoms with E-state index >= 15 is 0 Å². The number of hydrogen-bond donors (Lipinski definition) is 1. The number of esters is 1. The van der Waals surface area contributed by atoms with Gasteiger partial charge < -0.3 is 19.3 Å². The van der Waals surface area contributed by atoms with Gasteiger partial charge in [0, 0.05) is 18.2 Å². The van der Waals surface area contributed by atoms with Crippen LogP contribution in [0.2, 0.25) is 0 Å². The Kier molecular flexibility index (Phi) is 6.99. The van der Waals surface area contributed by atoms with Gasteiger partial charge in [-0.15, -0.1) is 0 Å². The van der Waals surface area contributed by atoms with Crippen LogP contribution in [0.5, 0.6) is 11.5 Å². The standard InChI is InChI=1S/C25H25FN2O7/c1-3-5-10-34-22-18(25(32)33-4-2)23(29)28-13-17(24(30)31)35-21-15(12-27-19(22)20(21)28)11-14-6-8-16(26)9-7-14/h6-9,12,17H,3-5,10-11,13H2,1-2H3,(H,30,31). The first-order valence-electron chi connectivity index (χ1n) is 11.4. The molecule has 0 saturated carbocycles. The van der Waals surface area contributed by atoms with Gasteiger partial charge >= 0.3 is 11.9 Å². The first kappa shape index (κ1) is 24.2. The summed E-state index contributed by atoms with van der Waals surface area (Å²) in [5, 5.41) is 9.67. The Morgan fingerprint density at radius 3 is 2.66 bits per heavy atom. The van der Waals surface area contributed by atoms with Crippen LogP contribution in [0, 0.1) is 5.82 Å². The van der Waals surface area contributed by atoms with Gasteiger partial charge in [-0.05, 0) is 31.0 Å². The number of aromatic nitrogens is 2. The summed E-state index contributed by atoms with van der Waals surface area (Å²) in [4.78, 5) is 42.6. The van der Waals surface area contributed by atoms with Crippen molar-refractivity contribution in [1.82, 2.24) is 9.55 Å². The summed E-state index contributed by atoms with van der Waals surface area (Å²) in [5.41, 5.74) is 0.621. The highest BCUT2D eigenvalue weighted by Gasteiger charge is 2.35. The fourth-order valence-electron chi connectivity index (χ4n) is 3.96. The molecule has 1 atom stereocenters. The molecule has 0 bridgehead atoms. The Bertz CT molecular complexity index is 1330. The highest BCUT2D eigenvalue weighted by molar-refractivity contribution is 6.00. The number of ether oxygens (including phenoxy) is 3. The lowest BCUT2D eigenvalue weighted by Crippen LogP contribution is -2.41. The second-order valence-electron chi connectivity index (χ2n) is 8.10. The van der Waals surface area contributed by atoms with E-state index in [0.29, 0.717) is 12.0 Å². The molecule has 1 aromatic carbocycles. The maximum absolute atomic E-state index is 13.5. The van der Waals surface area contributed by atoms with E-state index in [-0.39, 0.29) is 60.1 Å². The number of halogens is 1. The minimum atomic E-state index is -1.36. The molecule has 1 aliphatic heterocycles. The summed E-state index contributed by atoms with van der Waals surface area (Å²) in [6.07, 6.45) is 1.89. The smallest absolute Gasteiger partial charge is 0.347 e. The van der Waals surface area contributed by atoms with E-state index in [4.69, 9.17) is 14.2 Å². The molecule has 35 heavy (non-hydrogen) atoms. The average molecular weight is 484 g/mol. The molecule has 9 nitrogen and oxygen atoms in total. The summed E-state index contributed by atoms with van der Waals surface area (Å²) in [6.45, 7) is 3.56. The number of aliphatic carboxylic acids is 1. The predicted molar refractivity (Wildman–Crippen MR) is 124 cm³/mol. The van der Waals surface area contributed by atoms with E-state index in [9.17, 15) is 23.9 Å². The minimum Gasteiger partial charge on any atom is -0.490 e. The van der Waals surface area contributed by atoms with Crippen molar-refractivity contribution in [3.8, 4) is 11.5 Å². The molecule has 0 spiro atoms. The number of carboxylic acids is 1. The molecule has 3 heterocycles. The highest BCUT2D eigenvalue weighted by Crippen LogP contribution is 2.38. The molecule has 2 aromatic heterocycles. The van der Waals surface area contributed by atoms with Crippen molar-refractivity contribution in [2.45, 2.75) is 45.8 Å². The van der Waals surface area contributed by atoms with Crippen LogP contribution < -0.4 is 15.0 Å². The number of carbonyl (C=O) groups is 2. The fourth-order valence-corrected chi connectivity index (χ4v) is 3.96. The third kappa shape index (κ3) is 4.68. The molecule has 1 unspecified atom stereocenters. The molecule has 3 aromatic rings. The number of nitrogens with zero attached hydrogens (tertiary/aromatic N) is 2. The average Bonchev–Trinajstić information content (AvgIpc) is 2.84. The Morgan fingerprint density at radius 2 is 2.00 bits per heavy atom. The quantitative estimate of drug-likeness (QED) is 0.363. The van der Waals surface area contributed by atoms with Gasteiger partial charge in [-0.25, -0.2) is 14.0 Å². The molecule has 10 heteroatoms. The molecule has 0 radical (unpaired) electrons. The summed E-state index contributed by atoms with van der Waals surface area (Å²) in [5.74, 6) is -2.37. The second-order valence-corrected chi connectivity index (χ2v) is 8.10. The molecule has 0 fully saturated rings. The van der Waals surface area contributed by atoms with Crippen LogP contribution in [0.4, 0.5) is 4.39 Å². The highest BCUT2D eigenvalue weighted by atomic mass is 19.1. The van der Waals surface area contributed by atoms with Crippen LogP contribution in [-0.2, 0) is 22.5 Å². The SMILES string of the molecule is CCCCOc1c(C(=O)OCC)c(=O)n2c3c(c(Cc4ccc(F)cc4)cnc13)OC(C(=O)O)C2. The first-order valence-corrected chi connectivity index (χ1v) is 11.4. The summed E-state index contributed by atoms with van der Waals surface area (Å²) in [6, 6.07) is 5.83. The van der Waals surface area contributed by atoms with Gasteiger partial charge in [0.05, 0.1) is 19.8 Å². The third-order valence-corrected chi connectivity index (χ3v) is 5.67. The van der Waals surface area contributed by atoms with E-state index in [1.165, 1.54) is 22.9 Å². The van der Waals surface area contributed by atoms with Gasteiger partial charge in [0.15, 0.2) is 17.1 Å². The summed E-state index contributed by atoms with van der Waals surface area (Å²) >= 11 is 0. The zero-order chi connectivity index (χ0) is 25.1. The van der Waals surface area contributed by atoms with E-state index in [1.54, 1.807) is 19.1 Å². The first-order chi connectivity index (χ1) is 16.8. The van der Waals surface area contributed by atoms with E-state index in [2.05, 4.69) is 4.98 Å². The van der Waals surface area contributed by atoms with Crippen LogP contribution >= 0.6 is 0 Å². The number of hydrogen-bond acceptors (Lipinski definition) is 7. The number of carboxylic acid groups (broad SMARTS) is 1. The Labute approximate surface area is 200 Å². The van der Waals surface area contributed by atoms with Crippen molar-refractivity contribution in [3.05, 3.63) is 63.3 Å². The zero-order valence-corrected chi connectivity index (χ0v) is 19.4. The minimum absolute atomic E-state index is 0.0138. The van der Waals surface area contributed by atoms with Gasteiger partial charge in [0.2, 0.25) is 6.10 Å². The lowest BCUT2D eigenvalue weighted by Gasteiger charge is -2.28. The van der Waals surface area contributed by atoms with Crippen molar-refractivity contribution in [3.63, 3.8) is 0 Å². The third-order valence-electron chi connectivity index (χ3n) is 5.67. The summed E-state index contributed by atoms with van der Waals surface area (Å²) in [7, 11) is 0. The number of unbranched alkanes of at least 4 members (excludes halogenated alkanes) is 1. The summed E-state index contributed by atoms with van der Waals surface area (Å²) < 4.78 is 31.4. The van der Waals surface area contributed by atoms with Crippen molar-refractivity contribution >= 4 is 23.0 Å². The van der Waals surface area contributed by atoms with Gasteiger partial charge in [-0.1, -0.05) is 25.5 Å². The molecule has 0 saturated heterocycles. The van der Waals surface area contributed by atoms with Gasteiger partial charge in [0.1, 0.15) is 16.9 Å². The molecule has 1 aliphatic rings. The molecule has 184 valence electrons. The largest absolute Gasteiger partial charge is 0.490 e. The van der Waals surface area contributed by atoms with Crippen LogP contribution in [-0.4, -0.2) is 45.9 Å². The molecule has 0 amide bonds. The van der Waals surface area contributed by atoms with Gasteiger partial charge in [-0.3, -0.25) is 14.3 Å². The fraction of sp³-hybridized carbons (Fsp3) is 0.360. The predicted octanol–water partition coefficient (Wildman–Crippen LogP) is 3.33. The van der Waals surface area contributed by atoms with Crippen LogP contribution in [0.3, 0.4) is 0 Å². The van der Waals surface area contributed by atoms with Crippen molar-refractivity contribution in [2.24, 2.45) is 0 Å². The van der Waals surface area contributed by atoms with Gasteiger partial charge in [-0.2, -0.15) is 0 Å². The Balaban J connectivity index is 1.97. The van der Waals surface area contributed by atoms with Crippen LogP contribution in [0.15, 0.2) is 35.3 Å². The zero-order valence-electron chi connectivity index (χ0n) is 19.4. The molecular formula is C25H25FN2O7. The Morgan fingerprint density at radius 1 is 1.26 bits per heavy atom. The Hall–Kier alpha value is -3.95. The topological polar surface area (TPSA) is 117 Å².